The Hall–Kier alpha value is -2.38. The molecule has 3 rings (SSSR count). The van der Waals surface area contributed by atoms with E-state index < -0.39 is 6.09 Å². The van der Waals surface area contributed by atoms with Gasteiger partial charge in [-0.1, -0.05) is 0 Å². The van der Waals surface area contributed by atoms with E-state index in [1.165, 1.54) is 11.1 Å². The average Bonchev–Trinajstić information content (AvgIpc) is 2.47. The number of carbonyl (C=O) groups is 2. The molecule has 1 unspecified atom stereocenters. The lowest BCUT2D eigenvalue weighted by molar-refractivity contribution is 0.0464. The average molecular weight is 305 g/mol. The van der Waals surface area contributed by atoms with E-state index in [9.17, 15) is 9.59 Å². The van der Waals surface area contributed by atoms with Crippen LogP contribution in [0.25, 0.3) is 0 Å². The van der Waals surface area contributed by atoms with Gasteiger partial charge in [-0.15, -0.1) is 0 Å². The van der Waals surface area contributed by atoms with Gasteiger partial charge in [0.25, 0.3) is 5.91 Å². The first-order valence-corrected chi connectivity index (χ1v) is 7.39. The fourth-order valence-corrected chi connectivity index (χ4v) is 3.35. The third kappa shape index (κ3) is 2.44. The molecule has 2 atom stereocenters. The van der Waals surface area contributed by atoms with Crippen molar-refractivity contribution in [3.05, 3.63) is 17.5 Å². The van der Waals surface area contributed by atoms with Gasteiger partial charge in [-0.05, 0) is 19.8 Å². The lowest BCUT2D eigenvalue weighted by atomic mass is 9.94. The van der Waals surface area contributed by atoms with Gasteiger partial charge in [0.2, 0.25) is 5.95 Å². The van der Waals surface area contributed by atoms with Crippen molar-refractivity contribution >= 4 is 17.9 Å². The van der Waals surface area contributed by atoms with E-state index in [4.69, 9.17) is 10.8 Å². The summed E-state index contributed by atoms with van der Waals surface area (Å²) in [6, 6.07) is -0.0306. The van der Waals surface area contributed by atoms with E-state index in [-0.39, 0.29) is 23.9 Å². The van der Waals surface area contributed by atoms with Crippen molar-refractivity contribution in [2.24, 2.45) is 0 Å². The van der Waals surface area contributed by atoms with Gasteiger partial charge in [0.1, 0.15) is 0 Å². The number of carbonyl (C=O) groups excluding carboxylic acids is 1. The number of aromatic nitrogens is 2. The number of nitrogens with two attached hydrogens (primary N) is 1. The molecule has 8 heteroatoms. The second-order valence-electron chi connectivity index (χ2n) is 5.84. The zero-order valence-corrected chi connectivity index (χ0v) is 12.4. The number of likely N-dealkylation sites (tertiary alicyclic amines) is 1. The molecule has 0 bridgehead atoms. The van der Waals surface area contributed by atoms with Gasteiger partial charge < -0.3 is 20.6 Å². The van der Waals surface area contributed by atoms with Crippen molar-refractivity contribution in [1.29, 1.82) is 0 Å². The minimum atomic E-state index is -0.898. The number of nitrogen functional groups attached to an aromatic ring is 1. The highest BCUT2D eigenvalue weighted by molar-refractivity contribution is 5.96. The third-order valence-electron chi connectivity index (χ3n) is 4.50. The van der Waals surface area contributed by atoms with Crippen molar-refractivity contribution < 1.29 is 14.7 Å². The Labute approximate surface area is 127 Å². The summed E-state index contributed by atoms with van der Waals surface area (Å²) in [6.07, 6.45) is 2.56. The van der Waals surface area contributed by atoms with Crippen LogP contribution in [0, 0.1) is 0 Å². The largest absolute Gasteiger partial charge is 0.465 e. The molecule has 0 aliphatic carbocycles. The summed E-state index contributed by atoms with van der Waals surface area (Å²) in [5, 5.41) is 9.13. The zero-order chi connectivity index (χ0) is 15.9. The van der Waals surface area contributed by atoms with E-state index in [1.807, 2.05) is 11.8 Å². The number of amides is 2. The summed E-state index contributed by atoms with van der Waals surface area (Å²) in [5.74, 6) is 0.102. The van der Waals surface area contributed by atoms with Crippen molar-refractivity contribution in [3.8, 4) is 0 Å². The van der Waals surface area contributed by atoms with Crippen LogP contribution in [0.2, 0.25) is 0 Å². The van der Waals surface area contributed by atoms with E-state index in [1.54, 1.807) is 0 Å². The third-order valence-corrected chi connectivity index (χ3v) is 4.50. The number of fused-ring (bicyclic) bond motifs is 1. The molecule has 1 aromatic heterocycles. The Kier molecular flexibility index (Phi) is 3.59. The fraction of sp³-hybridized carbons (Fsp3) is 0.571. The normalized spacial score (nSPS) is 25.0. The van der Waals surface area contributed by atoms with Gasteiger partial charge in [-0.25, -0.2) is 14.8 Å². The molecule has 2 aliphatic rings. The molecule has 0 radical (unpaired) electrons. The van der Waals surface area contributed by atoms with E-state index in [0.29, 0.717) is 43.6 Å². The molecule has 3 N–H and O–H groups in total. The van der Waals surface area contributed by atoms with Crippen LogP contribution in [0.5, 0.6) is 0 Å². The van der Waals surface area contributed by atoms with Crippen molar-refractivity contribution in [3.63, 3.8) is 0 Å². The van der Waals surface area contributed by atoms with Crippen LogP contribution in [-0.4, -0.2) is 62.0 Å². The molecule has 3 heterocycles. The highest BCUT2D eigenvalue weighted by Gasteiger charge is 2.36. The van der Waals surface area contributed by atoms with Gasteiger partial charge in [0, 0.05) is 37.8 Å². The Bertz CT molecular complexity index is 620. The number of piperidine rings is 1. The van der Waals surface area contributed by atoms with Gasteiger partial charge in [-0.3, -0.25) is 4.79 Å². The molecule has 0 aromatic carbocycles. The first-order valence-electron chi connectivity index (χ1n) is 7.39. The second-order valence-corrected chi connectivity index (χ2v) is 5.84. The van der Waals surface area contributed by atoms with Crippen LogP contribution in [0.1, 0.15) is 35.8 Å². The Balaban J connectivity index is 1.76. The second kappa shape index (κ2) is 5.43. The molecule has 0 saturated carbocycles. The number of hydrogen-bond acceptors (Lipinski definition) is 5. The molecular weight excluding hydrogens is 286 g/mol. The molecule has 118 valence electrons. The summed E-state index contributed by atoms with van der Waals surface area (Å²) < 4.78 is 0. The lowest BCUT2D eigenvalue weighted by Gasteiger charge is -2.42. The Morgan fingerprint density at radius 3 is 2.91 bits per heavy atom. The maximum Gasteiger partial charge on any atom is 0.407 e. The molecule has 2 aliphatic heterocycles. The van der Waals surface area contributed by atoms with Crippen molar-refractivity contribution in [2.45, 2.75) is 38.3 Å². The van der Waals surface area contributed by atoms with E-state index >= 15 is 0 Å². The first kappa shape index (κ1) is 14.6. The molecule has 2 amide bonds. The SMILES string of the molecule is C[C@@H]1CC(N2CCc3nc(N)ncc3C2=O)CCN1C(=O)O. The molecule has 8 nitrogen and oxygen atoms in total. The van der Waals surface area contributed by atoms with Crippen LogP contribution in [-0.2, 0) is 6.42 Å². The number of hydrogen-bond donors (Lipinski definition) is 2. The first-order chi connectivity index (χ1) is 10.5. The fourth-order valence-electron chi connectivity index (χ4n) is 3.35. The van der Waals surface area contributed by atoms with E-state index in [2.05, 4.69) is 9.97 Å². The summed E-state index contributed by atoms with van der Waals surface area (Å²) >= 11 is 0. The van der Waals surface area contributed by atoms with Crippen LogP contribution in [0.3, 0.4) is 0 Å². The molecule has 1 fully saturated rings. The summed E-state index contributed by atoms with van der Waals surface area (Å²) in [5.41, 5.74) is 6.77. The molecule has 0 spiro atoms. The predicted octanol–water partition coefficient (Wildman–Crippen LogP) is 0.588. The zero-order valence-electron chi connectivity index (χ0n) is 12.4. The monoisotopic (exact) mass is 305 g/mol. The molecule has 22 heavy (non-hydrogen) atoms. The topological polar surface area (TPSA) is 113 Å². The lowest BCUT2D eigenvalue weighted by Crippen LogP contribution is -2.53. The summed E-state index contributed by atoms with van der Waals surface area (Å²) in [4.78, 5) is 35.0. The van der Waals surface area contributed by atoms with Crippen LogP contribution >= 0.6 is 0 Å². The maximum absolute atomic E-state index is 12.6. The minimum absolute atomic E-state index is 0.0591. The van der Waals surface area contributed by atoms with Gasteiger partial charge in [-0.2, -0.15) is 0 Å². The predicted molar refractivity (Wildman–Crippen MR) is 78.4 cm³/mol. The van der Waals surface area contributed by atoms with Crippen LogP contribution < -0.4 is 5.73 Å². The molecule has 1 saturated heterocycles. The summed E-state index contributed by atoms with van der Waals surface area (Å²) in [6.45, 7) is 2.93. The maximum atomic E-state index is 12.6. The Morgan fingerprint density at radius 2 is 2.23 bits per heavy atom. The van der Waals surface area contributed by atoms with Crippen molar-refractivity contribution in [1.82, 2.24) is 19.8 Å². The number of carboxylic acid groups (broad SMARTS) is 1. The quantitative estimate of drug-likeness (QED) is 0.785. The van der Waals surface area contributed by atoms with E-state index in [0.717, 1.165) is 0 Å². The summed E-state index contributed by atoms with van der Waals surface area (Å²) in [7, 11) is 0. The minimum Gasteiger partial charge on any atom is -0.465 e. The van der Waals surface area contributed by atoms with Gasteiger partial charge >= 0.3 is 6.09 Å². The van der Waals surface area contributed by atoms with Gasteiger partial charge in [0.05, 0.1) is 11.3 Å². The van der Waals surface area contributed by atoms with Crippen LogP contribution in [0.4, 0.5) is 10.7 Å². The highest BCUT2D eigenvalue weighted by Crippen LogP contribution is 2.26. The smallest absolute Gasteiger partial charge is 0.407 e. The number of anilines is 1. The van der Waals surface area contributed by atoms with Gasteiger partial charge in [0.15, 0.2) is 0 Å². The Morgan fingerprint density at radius 1 is 1.45 bits per heavy atom. The van der Waals surface area contributed by atoms with Crippen LogP contribution in [0.15, 0.2) is 6.20 Å². The molecular formula is C14H19N5O3. The number of rotatable bonds is 1. The number of nitrogens with zero attached hydrogens (tertiary/aromatic N) is 4. The standard InChI is InChI=1S/C14H19N5O3/c1-8-6-9(2-4-18(8)14(21)22)19-5-3-11-10(12(19)20)7-16-13(15)17-11/h7-9H,2-6H2,1H3,(H,21,22)(H2,15,16,17)/t8-,9?/m1/s1. The van der Waals surface area contributed by atoms with Crippen molar-refractivity contribution in [2.75, 3.05) is 18.8 Å². The molecule has 1 aromatic rings. The highest BCUT2D eigenvalue weighted by atomic mass is 16.4.